The lowest BCUT2D eigenvalue weighted by Gasteiger charge is -2.02. The number of nitrogens with zero attached hydrogens (tertiary/aromatic N) is 3. The van der Waals surface area contributed by atoms with E-state index in [0.717, 1.165) is 10.9 Å². The van der Waals surface area contributed by atoms with Gasteiger partial charge in [-0.15, -0.1) is 0 Å². The first kappa shape index (κ1) is 13.9. The molecule has 0 fully saturated rings. The van der Waals surface area contributed by atoms with Gasteiger partial charge in [-0.25, -0.2) is 0 Å². The van der Waals surface area contributed by atoms with Gasteiger partial charge < -0.3 is 0 Å². The zero-order valence-corrected chi connectivity index (χ0v) is 11.7. The Balaban J connectivity index is 1.94. The molecule has 2 aromatic carbocycles. The van der Waals surface area contributed by atoms with Crippen LogP contribution in [0.3, 0.4) is 0 Å². The van der Waals surface area contributed by atoms with Crippen molar-refractivity contribution in [1.29, 1.82) is 0 Å². The molecule has 3 aromatic rings. The molecule has 0 amide bonds. The fourth-order valence-corrected chi connectivity index (χ4v) is 2.30. The minimum atomic E-state index is -0.382. The van der Waals surface area contributed by atoms with Gasteiger partial charge in [0.15, 0.2) is 0 Å². The fourth-order valence-electron chi connectivity index (χ4n) is 2.30. The second-order valence-corrected chi connectivity index (χ2v) is 4.78. The van der Waals surface area contributed by atoms with Crippen LogP contribution in [0.25, 0.3) is 10.8 Å². The molecule has 0 saturated carbocycles. The Bertz CT molecular complexity index is 845. The van der Waals surface area contributed by atoms with Crippen molar-refractivity contribution in [3.8, 4) is 0 Å². The Kier molecular flexibility index (Phi) is 3.87. The summed E-state index contributed by atoms with van der Waals surface area (Å²) in [6.07, 6.45) is 3.23. The topological polar surface area (TPSA) is 68.4 Å². The van der Waals surface area contributed by atoms with Gasteiger partial charge in [0.1, 0.15) is 0 Å². The van der Waals surface area contributed by atoms with Crippen molar-refractivity contribution in [1.82, 2.24) is 4.98 Å². The first-order chi connectivity index (χ1) is 10.8. The lowest BCUT2D eigenvalue weighted by Crippen LogP contribution is -1.94. The maximum absolute atomic E-state index is 11.1. The summed E-state index contributed by atoms with van der Waals surface area (Å²) in [6, 6.07) is 16.5. The maximum Gasteiger partial charge on any atom is 0.277 e. The van der Waals surface area contributed by atoms with Crippen LogP contribution in [-0.2, 0) is 6.54 Å². The van der Waals surface area contributed by atoms with E-state index in [2.05, 4.69) is 9.98 Å². The van der Waals surface area contributed by atoms with E-state index in [1.54, 1.807) is 24.5 Å². The zero-order valence-electron chi connectivity index (χ0n) is 11.7. The number of nitro benzene ring substituents is 1. The Morgan fingerprint density at radius 3 is 2.64 bits per heavy atom. The fraction of sp³-hybridized carbons (Fsp3) is 0.0588. The smallest absolute Gasteiger partial charge is 0.277 e. The van der Waals surface area contributed by atoms with E-state index in [0.29, 0.717) is 17.6 Å². The highest BCUT2D eigenvalue weighted by Crippen LogP contribution is 2.25. The Morgan fingerprint density at radius 2 is 1.86 bits per heavy atom. The molecule has 5 nitrogen and oxygen atoms in total. The van der Waals surface area contributed by atoms with Crippen molar-refractivity contribution in [3.05, 3.63) is 82.2 Å². The molecule has 0 radical (unpaired) electrons. The lowest BCUT2D eigenvalue weighted by molar-refractivity contribution is -0.383. The average molecular weight is 291 g/mol. The van der Waals surface area contributed by atoms with Gasteiger partial charge in [-0.3, -0.25) is 20.1 Å². The highest BCUT2D eigenvalue weighted by Gasteiger charge is 2.12. The van der Waals surface area contributed by atoms with Crippen molar-refractivity contribution in [2.75, 3.05) is 0 Å². The molecule has 22 heavy (non-hydrogen) atoms. The number of non-ortho nitro benzene ring substituents is 1. The largest absolute Gasteiger partial charge is 0.286 e. The van der Waals surface area contributed by atoms with Gasteiger partial charge in [0.05, 0.1) is 22.5 Å². The van der Waals surface area contributed by atoms with Crippen molar-refractivity contribution in [2.24, 2.45) is 4.99 Å². The van der Waals surface area contributed by atoms with Crippen LogP contribution in [0.1, 0.15) is 11.3 Å². The van der Waals surface area contributed by atoms with Gasteiger partial charge in [0, 0.05) is 23.9 Å². The van der Waals surface area contributed by atoms with Crippen molar-refractivity contribution in [2.45, 2.75) is 6.54 Å². The zero-order chi connectivity index (χ0) is 15.4. The average Bonchev–Trinajstić information content (AvgIpc) is 2.55. The van der Waals surface area contributed by atoms with E-state index in [1.807, 2.05) is 36.4 Å². The van der Waals surface area contributed by atoms with E-state index < -0.39 is 0 Å². The number of aromatic nitrogens is 1. The molecule has 0 bridgehead atoms. The summed E-state index contributed by atoms with van der Waals surface area (Å²) in [6.45, 7) is 0.549. The number of hydrogen-bond acceptors (Lipinski definition) is 4. The van der Waals surface area contributed by atoms with Crippen molar-refractivity contribution in [3.63, 3.8) is 0 Å². The third-order valence-electron chi connectivity index (χ3n) is 3.34. The van der Waals surface area contributed by atoms with Crippen LogP contribution in [0.15, 0.2) is 65.8 Å². The standard InChI is InChI=1S/C17H13N3O2/c21-20(22)17-8-4-7-14-15(17)9-10-19-16(14)12-18-11-13-5-2-1-3-6-13/h1-10,12H,11H2. The highest BCUT2D eigenvalue weighted by atomic mass is 16.6. The minimum absolute atomic E-state index is 0.0811. The van der Waals surface area contributed by atoms with Gasteiger partial charge >= 0.3 is 0 Å². The number of benzene rings is 2. The second kappa shape index (κ2) is 6.13. The van der Waals surface area contributed by atoms with Gasteiger partial charge in [-0.1, -0.05) is 42.5 Å². The first-order valence-electron chi connectivity index (χ1n) is 6.81. The van der Waals surface area contributed by atoms with Gasteiger partial charge in [0.2, 0.25) is 0 Å². The monoisotopic (exact) mass is 291 g/mol. The number of hydrogen-bond donors (Lipinski definition) is 0. The molecule has 0 N–H and O–H groups in total. The summed E-state index contributed by atoms with van der Waals surface area (Å²) in [7, 11) is 0. The molecule has 1 heterocycles. The molecular formula is C17H13N3O2. The third kappa shape index (κ3) is 2.83. The van der Waals surface area contributed by atoms with Crippen molar-refractivity contribution < 1.29 is 4.92 Å². The predicted octanol–water partition coefficient (Wildman–Crippen LogP) is 3.76. The Hall–Kier alpha value is -3.08. The molecule has 108 valence electrons. The first-order valence-corrected chi connectivity index (χ1v) is 6.81. The summed E-state index contributed by atoms with van der Waals surface area (Å²) in [4.78, 5) is 19.3. The van der Waals surface area contributed by atoms with E-state index in [-0.39, 0.29) is 10.6 Å². The Labute approximate surface area is 127 Å². The number of nitro groups is 1. The van der Waals surface area contributed by atoms with E-state index in [1.165, 1.54) is 6.07 Å². The summed E-state index contributed by atoms with van der Waals surface area (Å²) < 4.78 is 0. The van der Waals surface area contributed by atoms with Gasteiger partial charge in [0.25, 0.3) is 5.69 Å². The van der Waals surface area contributed by atoms with Crippen LogP contribution in [0, 0.1) is 10.1 Å². The SMILES string of the molecule is O=[N+]([O-])c1cccc2c(C=NCc3ccccc3)nccc12. The molecule has 5 heteroatoms. The predicted molar refractivity (Wildman–Crippen MR) is 86.1 cm³/mol. The molecule has 0 aliphatic carbocycles. The van der Waals surface area contributed by atoms with E-state index in [9.17, 15) is 10.1 Å². The molecule has 0 aliphatic rings. The van der Waals surface area contributed by atoms with Crippen LogP contribution in [0.4, 0.5) is 5.69 Å². The highest BCUT2D eigenvalue weighted by molar-refractivity contribution is 6.01. The van der Waals surface area contributed by atoms with Gasteiger partial charge in [-0.2, -0.15) is 0 Å². The van der Waals surface area contributed by atoms with Crippen LogP contribution < -0.4 is 0 Å². The van der Waals surface area contributed by atoms with Crippen LogP contribution in [-0.4, -0.2) is 16.1 Å². The molecule has 0 spiro atoms. The summed E-state index contributed by atoms with van der Waals surface area (Å²) >= 11 is 0. The quantitative estimate of drug-likeness (QED) is 0.417. The molecule has 0 atom stereocenters. The lowest BCUT2D eigenvalue weighted by atomic mass is 10.1. The van der Waals surface area contributed by atoms with E-state index >= 15 is 0 Å². The molecular weight excluding hydrogens is 278 g/mol. The molecule has 0 unspecified atom stereocenters. The van der Waals surface area contributed by atoms with Crippen LogP contribution in [0.5, 0.6) is 0 Å². The molecule has 1 aromatic heterocycles. The second-order valence-electron chi connectivity index (χ2n) is 4.78. The third-order valence-corrected chi connectivity index (χ3v) is 3.34. The summed E-state index contributed by atoms with van der Waals surface area (Å²) in [5.41, 5.74) is 1.82. The molecule has 0 aliphatic heterocycles. The number of rotatable bonds is 4. The number of pyridine rings is 1. The van der Waals surface area contributed by atoms with Crippen LogP contribution in [0.2, 0.25) is 0 Å². The maximum atomic E-state index is 11.1. The molecule has 3 rings (SSSR count). The van der Waals surface area contributed by atoms with Crippen molar-refractivity contribution >= 4 is 22.7 Å². The summed E-state index contributed by atoms with van der Waals surface area (Å²) in [5.74, 6) is 0. The van der Waals surface area contributed by atoms with Crippen LogP contribution >= 0.6 is 0 Å². The summed E-state index contributed by atoms with van der Waals surface area (Å²) in [5, 5.41) is 12.4. The van der Waals surface area contributed by atoms with Gasteiger partial charge in [-0.05, 0) is 11.6 Å². The normalized spacial score (nSPS) is 11.1. The molecule has 0 saturated heterocycles. The number of aliphatic imine (C=N–C) groups is 1. The number of fused-ring (bicyclic) bond motifs is 1. The van der Waals surface area contributed by atoms with E-state index in [4.69, 9.17) is 0 Å². The minimum Gasteiger partial charge on any atom is -0.286 e. The Morgan fingerprint density at radius 1 is 1.05 bits per heavy atom.